The van der Waals surface area contributed by atoms with E-state index in [1.54, 1.807) is 6.20 Å². The van der Waals surface area contributed by atoms with Crippen molar-refractivity contribution in [1.82, 2.24) is 19.5 Å². The molecule has 0 atom stereocenters. The van der Waals surface area contributed by atoms with E-state index in [1.807, 2.05) is 67.0 Å². The van der Waals surface area contributed by atoms with Gasteiger partial charge in [0.05, 0.1) is 28.6 Å². The van der Waals surface area contributed by atoms with Gasteiger partial charge < -0.3 is 14.0 Å². The Morgan fingerprint density at radius 2 is 1.45 bits per heavy atom. The fourth-order valence-corrected chi connectivity index (χ4v) is 6.28. The van der Waals surface area contributed by atoms with Crippen LogP contribution in [0.15, 0.2) is 144 Å². The van der Waals surface area contributed by atoms with E-state index < -0.39 is 0 Å². The summed E-state index contributed by atoms with van der Waals surface area (Å²) >= 11 is 0. The second-order valence-electron chi connectivity index (χ2n) is 12.8. The van der Waals surface area contributed by atoms with E-state index in [2.05, 4.69) is 114 Å². The first-order chi connectivity index (χ1) is 23.5. The number of hydrogen-bond acceptors (Lipinski definition) is 4. The van der Waals surface area contributed by atoms with Gasteiger partial charge in [0.1, 0.15) is 5.58 Å². The van der Waals surface area contributed by atoms with E-state index >= 15 is 0 Å². The average molecular weight is 813 g/mol. The van der Waals surface area contributed by atoms with Gasteiger partial charge in [0.2, 0.25) is 0 Å². The van der Waals surface area contributed by atoms with Gasteiger partial charge in [-0.15, -0.1) is 54.1 Å². The van der Waals surface area contributed by atoms with Crippen LogP contribution in [0.4, 0.5) is 0 Å². The van der Waals surface area contributed by atoms with Crippen molar-refractivity contribution in [2.75, 3.05) is 0 Å². The van der Waals surface area contributed by atoms with Crippen molar-refractivity contribution in [2.24, 2.45) is 0 Å². The number of hydrogen-bond donors (Lipinski definition) is 0. The first-order valence-electron chi connectivity index (χ1n) is 16.0. The number of rotatable bonds is 3. The number of fused-ring (bicyclic) bond motifs is 6. The summed E-state index contributed by atoms with van der Waals surface area (Å²) in [6, 6.07) is 47.4. The summed E-state index contributed by atoms with van der Waals surface area (Å²) in [5, 5.41) is 4.42. The van der Waals surface area contributed by atoms with Crippen molar-refractivity contribution < 1.29 is 24.5 Å². The van der Waals surface area contributed by atoms with E-state index in [-0.39, 0.29) is 25.5 Å². The molecule has 0 N–H and O–H groups in total. The molecular formula is C43H32IrN4O-2. The van der Waals surface area contributed by atoms with Crippen molar-refractivity contribution in [3.63, 3.8) is 0 Å². The second kappa shape index (κ2) is 13.2. The van der Waals surface area contributed by atoms with Crippen molar-refractivity contribution in [1.29, 1.82) is 0 Å². The van der Waals surface area contributed by atoms with Crippen LogP contribution in [0.3, 0.4) is 0 Å². The molecule has 0 fully saturated rings. The predicted octanol–water partition coefficient (Wildman–Crippen LogP) is 10.8. The molecule has 0 aliphatic heterocycles. The summed E-state index contributed by atoms with van der Waals surface area (Å²) < 4.78 is 8.87. The minimum Gasteiger partial charge on any atom is -0.500 e. The smallest absolute Gasteiger partial charge is 0.128 e. The monoisotopic (exact) mass is 813 g/mol. The van der Waals surface area contributed by atoms with Crippen LogP contribution in [0, 0.1) is 12.1 Å². The van der Waals surface area contributed by atoms with Crippen molar-refractivity contribution in [3.05, 3.63) is 158 Å². The van der Waals surface area contributed by atoms with Gasteiger partial charge in [-0.1, -0.05) is 98.5 Å². The molecule has 1 radical (unpaired) electrons. The van der Waals surface area contributed by atoms with Gasteiger partial charge in [-0.25, -0.2) is 0 Å². The largest absolute Gasteiger partial charge is 0.500 e. The number of para-hydroxylation sites is 1. The minimum absolute atomic E-state index is 0. The van der Waals surface area contributed by atoms with Crippen LogP contribution in [-0.4, -0.2) is 19.5 Å². The second-order valence-corrected chi connectivity index (χ2v) is 12.8. The third-order valence-electron chi connectivity index (χ3n) is 8.58. The Morgan fingerprint density at radius 3 is 2.22 bits per heavy atom. The summed E-state index contributed by atoms with van der Waals surface area (Å²) in [5.41, 5.74) is 8.53. The van der Waals surface area contributed by atoms with Gasteiger partial charge in [0, 0.05) is 54.5 Å². The molecule has 241 valence electrons. The van der Waals surface area contributed by atoms with E-state index in [0.717, 1.165) is 77.6 Å². The van der Waals surface area contributed by atoms with Gasteiger partial charge in [-0.05, 0) is 34.7 Å². The topological polar surface area (TPSA) is 56.7 Å². The zero-order valence-corrected chi connectivity index (χ0v) is 29.7. The number of imidazole rings is 1. The zero-order valence-electron chi connectivity index (χ0n) is 27.3. The summed E-state index contributed by atoms with van der Waals surface area (Å²) in [6.07, 6.45) is 5.60. The van der Waals surface area contributed by atoms with Crippen LogP contribution in [0.5, 0.6) is 0 Å². The van der Waals surface area contributed by atoms with Crippen LogP contribution in [0.25, 0.3) is 72.1 Å². The predicted molar refractivity (Wildman–Crippen MR) is 195 cm³/mol. The number of nitrogens with zero attached hydrogens (tertiary/aromatic N) is 4. The molecule has 0 bridgehead atoms. The minimum atomic E-state index is -0.107. The molecule has 0 amide bonds. The zero-order chi connectivity index (χ0) is 32.7. The molecule has 0 saturated carbocycles. The number of aromatic nitrogens is 4. The fraction of sp³-hybridized carbons (Fsp3) is 0.0930. The molecule has 49 heavy (non-hydrogen) atoms. The Morgan fingerprint density at radius 1 is 0.673 bits per heavy atom. The molecule has 0 saturated heterocycles. The maximum absolute atomic E-state index is 6.64. The van der Waals surface area contributed by atoms with Crippen molar-refractivity contribution in [2.45, 2.75) is 26.2 Å². The van der Waals surface area contributed by atoms with Crippen molar-refractivity contribution in [3.8, 4) is 28.3 Å². The molecule has 0 spiro atoms. The molecule has 4 heterocycles. The average Bonchev–Trinajstić information content (AvgIpc) is 3.72. The Labute approximate surface area is 298 Å². The molecule has 5 nitrogen and oxygen atoms in total. The Balaban J connectivity index is 0.000000246. The summed E-state index contributed by atoms with van der Waals surface area (Å²) in [7, 11) is 0. The maximum Gasteiger partial charge on any atom is 0.128 e. The molecule has 6 heteroatoms. The van der Waals surface area contributed by atoms with E-state index in [9.17, 15) is 0 Å². The first-order valence-corrected chi connectivity index (χ1v) is 16.0. The van der Waals surface area contributed by atoms with E-state index in [0.29, 0.717) is 0 Å². The number of pyridine rings is 2. The van der Waals surface area contributed by atoms with E-state index in [4.69, 9.17) is 9.40 Å². The standard InChI is InChI=1S/C32H24N3O.C11H8N.Ir/c1-32(2,3)26-18-33-19-27-28(26)35(21-11-5-4-6-12-21)31(34-27)25-15-9-14-23-24-17-16-20-10-7-8-13-22(20)29(24)36-30(23)25;1-2-6-10(7-3-1)11-8-4-5-9-12-11;/h4-14,16-19H,1-3H3;1-6,8-9H;/q2*-1;. The summed E-state index contributed by atoms with van der Waals surface area (Å²) in [5.74, 6) is 0.795. The molecule has 9 aromatic rings. The van der Waals surface area contributed by atoms with Crippen LogP contribution in [0.2, 0.25) is 0 Å². The fourth-order valence-electron chi connectivity index (χ4n) is 6.28. The SMILES string of the molecule is CC(C)(C)c1cncc2nc(-c3[c-]ccc4c3oc3c5ccccc5ccc43)n(-c3ccccc3)c12.[Ir].[c-]1ccccc1-c1ccccn1. The van der Waals surface area contributed by atoms with Gasteiger partial charge in [0.25, 0.3) is 0 Å². The Hall–Kier alpha value is -5.42. The summed E-state index contributed by atoms with van der Waals surface area (Å²) in [6.45, 7) is 6.63. The molecule has 0 aliphatic carbocycles. The number of benzene rings is 5. The van der Waals surface area contributed by atoms with E-state index in [1.165, 1.54) is 0 Å². The molecule has 0 unspecified atom stereocenters. The van der Waals surface area contributed by atoms with Gasteiger partial charge >= 0.3 is 0 Å². The van der Waals surface area contributed by atoms with Gasteiger partial charge in [0.15, 0.2) is 0 Å². The van der Waals surface area contributed by atoms with Crippen molar-refractivity contribution >= 4 is 43.7 Å². The van der Waals surface area contributed by atoms with Gasteiger partial charge in [-0.2, -0.15) is 0 Å². The third-order valence-corrected chi connectivity index (χ3v) is 8.58. The number of furan rings is 1. The van der Waals surface area contributed by atoms with Crippen LogP contribution < -0.4 is 0 Å². The Kier molecular flexibility index (Phi) is 8.68. The molecule has 9 rings (SSSR count). The third kappa shape index (κ3) is 5.95. The first kappa shape index (κ1) is 32.1. The summed E-state index contributed by atoms with van der Waals surface area (Å²) in [4.78, 5) is 13.9. The quantitative estimate of drug-likeness (QED) is 0.167. The molecule has 4 aromatic heterocycles. The molecule has 5 aromatic carbocycles. The maximum atomic E-state index is 6.64. The normalized spacial score (nSPS) is 11.4. The van der Waals surface area contributed by atoms with Gasteiger partial charge in [-0.3, -0.25) is 9.97 Å². The Bertz CT molecular complexity index is 2500. The molecule has 0 aliphatic rings. The van der Waals surface area contributed by atoms with Crippen LogP contribution in [-0.2, 0) is 25.5 Å². The molecular weight excluding hydrogens is 781 g/mol. The van der Waals surface area contributed by atoms with Crippen LogP contribution in [0.1, 0.15) is 26.3 Å². The van der Waals surface area contributed by atoms with Crippen LogP contribution >= 0.6 is 0 Å².